The number of nitrogens with zero attached hydrogens (tertiary/aromatic N) is 2. The lowest BCUT2D eigenvalue weighted by molar-refractivity contribution is -0.124. The zero-order valence-electron chi connectivity index (χ0n) is 12.5. The second kappa shape index (κ2) is 5.77. The first-order valence-corrected chi connectivity index (χ1v) is 7.86. The number of rotatable bonds is 3. The Labute approximate surface area is 141 Å². The number of phenols is 1. The van der Waals surface area contributed by atoms with Gasteiger partial charge >= 0.3 is 0 Å². The van der Waals surface area contributed by atoms with Gasteiger partial charge in [-0.25, -0.2) is 10.9 Å². The van der Waals surface area contributed by atoms with Gasteiger partial charge in [0.1, 0.15) is 5.75 Å². The van der Waals surface area contributed by atoms with Gasteiger partial charge in [-0.15, -0.1) is 0 Å². The summed E-state index contributed by atoms with van der Waals surface area (Å²) in [5, 5.41) is 17.7. The summed E-state index contributed by atoms with van der Waals surface area (Å²) in [5.41, 5.74) is 6.93. The molecular weight excluding hydrogens is 364 g/mol. The number of carbonyl (C=O) groups excluding carboxylic acids is 2. The zero-order valence-corrected chi connectivity index (χ0v) is 14.1. The van der Waals surface area contributed by atoms with E-state index in [1.54, 1.807) is 26.0 Å². The van der Waals surface area contributed by atoms with Crippen molar-refractivity contribution in [3.63, 3.8) is 0 Å². The summed E-state index contributed by atoms with van der Waals surface area (Å²) in [6.07, 6.45) is 0. The number of carbonyl (C=O) groups is 2. The molecule has 0 radical (unpaired) electrons. The highest BCUT2D eigenvalue weighted by Crippen LogP contribution is 2.39. The minimum Gasteiger partial charge on any atom is -0.507 e. The quantitative estimate of drug-likeness (QED) is 0.741. The predicted octanol–water partition coefficient (Wildman–Crippen LogP) is 1.48. The van der Waals surface area contributed by atoms with Crippen LogP contribution in [0.1, 0.15) is 25.3 Å². The molecule has 2 unspecified atom stereocenters. The first kappa shape index (κ1) is 15.7. The third-order valence-electron chi connectivity index (χ3n) is 4.22. The van der Waals surface area contributed by atoms with Crippen LogP contribution in [0.4, 0.5) is 0 Å². The topological polar surface area (TPSA) is 103 Å². The molecular formula is C15H15BrN4O3. The van der Waals surface area contributed by atoms with Crippen LogP contribution in [0.2, 0.25) is 0 Å². The fourth-order valence-electron chi connectivity index (χ4n) is 3.10. The number of benzene rings is 1. The number of phenolic OH excluding ortho intramolecular Hbond substituents is 1. The molecule has 2 aliphatic heterocycles. The van der Waals surface area contributed by atoms with Gasteiger partial charge in [-0.1, -0.05) is 6.07 Å². The van der Waals surface area contributed by atoms with E-state index in [2.05, 4.69) is 37.0 Å². The number of hydrazone groups is 2. The lowest BCUT2D eigenvalue weighted by Gasteiger charge is -2.27. The maximum atomic E-state index is 12.3. The fourth-order valence-corrected chi connectivity index (χ4v) is 3.49. The van der Waals surface area contributed by atoms with Crippen LogP contribution >= 0.6 is 15.9 Å². The molecule has 3 N–H and O–H groups in total. The summed E-state index contributed by atoms with van der Waals surface area (Å²) in [7, 11) is 0. The van der Waals surface area contributed by atoms with Crippen molar-refractivity contribution >= 4 is 39.2 Å². The van der Waals surface area contributed by atoms with Gasteiger partial charge in [0, 0.05) is 17.3 Å². The highest BCUT2D eigenvalue weighted by Gasteiger charge is 2.45. The Morgan fingerprint density at radius 2 is 1.61 bits per heavy atom. The Kier molecular flexibility index (Phi) is 3.93. The first-order chi connectivity index (χ1) is 10.9. The van der Waals surface area contributed by atoms with Gasteiger partial charge in [0.25, 0.3) is 0 Å². The molecule has 2 atom stereocenters. The van der Waals surface area contributed by atoms with Crippen LogP contribution in [0.25, 0.3) is 0 Å². The van der Waals surface area contributed by atoms with Crippen molar-refractivity contribution in [2.75, 3.05) is 0 Å². The molecule has 2 heterocycles. The molecule has 0 aliphatic carbocycles. The Bertz CT molecular complexity index is 721. The third-order valence-corrected chi connectivity index (χ3v) is 4.86. The Balaban J connectivity index is 2.12. The molecule has 3 rings (SSSR count). The standard InChI is InChI=1S/C15H15BrN4O3/c1-6-11(14(22)19-17-6)13(12-7(2)18-20-15(12)23)8-3-4-10(21)9(16)5-8/h3-5,11-13,21H,1-2H3,(H,19,22)(H,20,23). The molecule has 8 heteroatoms. The average molecular weight is 379 g/mol. The second-order valence-electron chi connectivity index (χ2n) is 5.65. The van der Waals surface area contributed by atoms with Crippen molar-refractivity contribution in [3.8, 4) is 5.75 Å². The number of amides is 2. The second-order valence-corrected chi connectivity index (χ2v) is 6.50. The monoisotopic (exact) mass is 378 g/mol. The number of aromatic hydroxyl groups is 1. The van der Waals surface area contributed by atoms with Crippen LogP contribution in [0.3, 0.4) is 0 Å². The van der Waals surface area contributed by atoms with E-state index >= 15 is 0 Å². The molecule has 1 aromatic carbocycles. The highest BCUT2D eigenvalue weighted by molar-refractivity contribution is 9.10. The van der Waals surface area contributed by atoms with Gasteiger partial charge in [-0.3, -0.25) is 9.59 Å². The van der Waals surface area contributed by atoms with Crippen LogP contribution in [-0.2, 0) is 9.59 Å². The maximum absolute atomic E-state index is 12.3. The van der Waals surface area contributed by atoms with Gasteiger partial charge in [-0.05, 0) is 47.5 Å². The minimum absolute atomic E-state index is 0.0926. The van der Waals surface area contributed by atoms with E-state index in [1.807, 2.05) is 0 Å². The molecule has 2 amide bonds. The van der Waals surface area contributed by atoms with E-state index < -0.39 is 17.8 Å². The van der Waals surface area contributed by atoms with Crippen molar-refractivity contribution in [1.29, 1.82) is 0 Å². The van der Waals surface area contributed by atoms with Crippen molar-refractivity contribution in [2.45, 2.75) is 19.8 Å². The summed E-state index contributed by atoms with van der Waals surface area (Å²) < 4.78 is 0.501. The molecule has 0 spiro atoms. The molecule has 1 aromatic rings. The van der Waals surface area contributed by atoms with Crippen LogP contribution in [0, 0.1) is 11.8 Å². The first-order valence-electron chi connectivity index (χ1n) is 7.06. The van der Waals surface area contributed by atoms with Crippen LogP contribution in [-0.4, -0.2) is 28.3 Å². The van der Waals surface area contributed by atoms with Gasteiger partial charge in [0.15, 0.2) is 0 Å². The van der Waals surface area contributed by atoms with Crippen molar-refractivity contribution in [1.82, 2.24) is 10.9 Å². The lowest BCUT2D eigenvalue weighted by Crippen LogP contribution is -2.38. The summed E-state index contributed by atoms with van der Waals surface area (Å²) in [5.74, 6) is -1.98. The summed E-state index contributed by atoms with van der Waals surface area (Å²) in [4.78, 5) is 24.5. The third kappa shape index (κ3) is 2.63. The number of hydrogen-bond acceptors (Lipinski definition) is 5. The number of nitrogens with one attached hydrogen (secondary N) is 2. The molecule has 2 aliphatic rings. The normalized spacial score (nSPS) is 24.8. The largest absolute Gasteiger partial charge is 0.507 e. The average Bonchev–Trinajstić information content (AvgIpc) is 3.01. The maximum Gasteiger partial charge on any atom is 0.249 e. The Morgan fingerprint density at radius 3 is 2.00 bits per heavy atom. The van der Waals surface area contributed by atoms with Crippen molar-refractivity contribution in [3.05, 3.63) is 28.2 Å². The fraction of sp³-hybridized carbons (Fsp3) is 0.333. The number of halogens is 1. The van der Waals surface area contributed by atoms with E-state index in [0.29, 0.717) is 15.9 Å². The summed E-state index contributed by atoms with van der Waals surface area (Å²) in [6, 6.07) is 4.96. The molecule has 7 nitrogen and oxygen atoms in total. The van der Waals surface area contributed by atoms with E-state index in [9.17, 15) is 14.7 Å². The van der Waals surface area contributed by atoms with Gasteiger partial charge in [-0.2, -0.15) is 10.2 Å². The molecule has 0 saturated carbocycles. The predicted molar refractivity (Wildman–Crippen MR) is 88.0 cm³/mol. The highest BCUT2D eigenvalue weighted by atomic mass is 79.9. The zero-order chi connectivity index (χ0) is 16.7. The van der Waals surface area contributed by atoms with E-state index in [0.717, 1.165) is 5.56 Å². The van der Waals surface area contributed by atoms with Crippen molar-refractivity contribution in [2.24, 2.45) is 22.0 Å². The van der Waals surface area contributed by atoms with Crippen LogP contribution < -0.4 is 10.9 Å². The molecule has 0 fully saturated rings. The van der Waals surface area contributed by atoms with E-state index in [4.69, 9.17) is 0 Å². The van der Waals surface area contributed by atoms with Crippen LogP contribution in [0.15, 0.2) is 32.9 Å². The SMILES string of the molecule is CC1=NNC(=O)C1C(c1ccc(O)c(Br)c1)C1C(=O)NN=C1C. The Hall–Kier alpha value is -2.22. The molecule has 23 heavy (non-hydrogen) atoms. The minimum atomic E-state index is -0.564. The lowest BCUT2D eigenvalue weighted by atomic mass is 9.73. The number of hydrogen-bond donors (Lipinski definition) is 3. The molecule has 120 valence electrons. The summed E-state index contributed by atoms with van der Waals surface area (Å²) in [6.45, 7) is 3.51. The molecule has 0 aromatic heterocycles. The van der Waals surface area contributed by atoms with Crippen molar-refractivity contribution < 1.29 is 14.7 Å². The van der Waals surface area contributed by atoms with Gasteiger partial charge < -0.3 is 5.11 Å². The van der Waals surface area contributed by atoms with Gasteiger partial charge in [0.05, 0.1) is 16.3 Å². The molecule has 0 bridgehead atoms. The van der Waals surface area contributed by atoms with E-state index in [-0.39, 0.29) is 17.6 Å². The smallest absolute Gasteiger partial charge is 0.249 e. The van der Waals surface area contributed by atoms with Gasteiger partial charge in [0.2, 0.25) is 11.8 Å². The molecule has 0 saturated heterocycles. The van der Waals surface area contributed by atoms with E-state index in [1.165, 1.54) is 6.07 Å². The van der Waals surface area contributed by atoms with Crippen LogP contribution in [0.5, 0.6) is 5.75 Å². The Morgan fingerprint density at radius 1 is 1.09 bits per heavy atom. The summed E-state index contributed by atoms with van der Waals surface area (Å²) >= 11 is 3.28.